The summed E-state index contributed by atoms with van der Waals surface area (Å²) in [6.45, 7) is 11.1. The van der Waals surface area contributed by atoms with Gasteiger partial charge in [0.1, 0.15) is 12.4 Å². The normalized spacial score (nSPS) is 11.2. The molecule has 18 heavy (non-hydrogen) atoms. The molecule has 1 aromatic rings. The molecule has 0 radical (unpaired) electrons. The summed E-state index contributed by atoms with van der Waals surface area (Å²) in [4.78, 5) is 2.41. The van der Waals surface area contributed by atoms with Crippen LogP contribution in [0.5, 0.6) is 5.75 Å². The monoisotopic (exact) mass is 250 g/mol. The Labute approximate surface area is 111 Å². The number of rotatable bonds is 8. The zero-order valence-corrected chi connectivity index (χ0v) is 11.9. The number of nitrogens with zero attached hydrogens (tertiary/aromatic N) is 1. The molecule has 3 heteroatoms. The lowest BCUT2D eigenvalue weighted by Gasteiger charge is -2.22. The van der Waals surface area contributed by atoms with Gasteiger partial charge in [0.15, 0.2) is 0 Å². The van der Waals surface area contributed by atoms with Gasteiger partial charge in [-0.2, -0.15) is 0 Å². The largest absolute Gasteiger partial charge is 0.492 e. The second-order valence-electron chi connectivity index (χ2n) is 4.99. The minimum atomic E-state index is 0.561. The van der Waals surface area contributed by atoms with E-state index in [-0.39, 0.29) is 0 Å². The van der Waals surface area contributed by atoms with E-state index in [1.807, 2.05) is 24.3 Å². The summed E-state index contributed by atoms with van der Waals surface area (Å²) in [5, 5.41) is 0. The highest BCUT2D eigenvalue weighted by atomic mass is 16.5. The van der Waals surface area contributed by atoms with E-state index in [1.54, 1.807) is 0 Å². The summed E-state index contributed by atoms with van der Waals surface area (Å²) < 4.78 is 5.77. The highest BCUT2D eigenvalue weighted by molar-refractivity contribution is 5.28. The highest BCUT2D eigenvalue weighted by Crippen LogP contribution is 2.12. The maximum absolute atomic E-state index is 5.77. The van der Waals surface area contributed by atoms with Gasteiger partial charge in [-0.3, -0.25) is 4.90 Å². The van der Waals surface area contributed by atoms with Crippen LogP contribution in [-0.2, 0) is 6.54 Å². The Balaban J connectivity index is 2.35. The van der Waals surface area contributed by atoms with Gasteiger partial charge in [0.25, 0.3) is 0 Å². The van der Waals surface area contributed by atoms with Crippen LogP contribution in [0.2, 0.25) is 0 Å². The van der Waals surface area contributed by atoms with Crippen LogP contribution in [0.4, 0.5) is 0 Å². The number of hydrogen-bond donors (Lipinski definition) is 1. The Hall–Kier alpha value is -1.06. The molecular weight excluding hydrogens is 224 g/mol. The maximum atomic E-state index is 5.77. The van der Waals surface area contributed by atoms with Crippen molar-refractivity contribution in [1.29, 1.82) is 0 Å². The summed E-state index contributed by atoms with van der Waals surface area (Å²) in [5.74, 6) is 1.61. The molecule has 0 aromatic heterocycles. The average Bonchev–Trinajstić information content (AvgIpc) is 2.37. The SMILES string of the molecule is CCN(CCOc1cccc(CN)c1)CC(C)C. The van der Waals surface area contributed by atoms with Crippen LogP contribution in [-0.4, -0.2) is 31.1 Å². The molecule has 0 spiro atoms. The first-order valence-electron chi connectivity index (χ1n) is 6.79. The molecule has 0 saturated carbocycles. The van der Waals surface area contributed by atoms with Gasteiger partial charge in [0.05, 0.1) is 0 Å². The van der Waals surface area contributed by atoms with Crippen molar-refractivity contribution in [1.82, 2.24) is 4.90 Å². The van der Waals surface area contributed by atoms with Crippen molar-refractivity contribution in [2.24, 2.45) is 11.7 Å². The number of benzene rings is 1. The van der Waals surface area contributed by atoms with Crippen molar-refractivity contribution in [3.63, 3.8) is 0 Å². The first kappa shape index (κ1) is 15.0. The van der Waals surface area contributed by atoms with Crippen molar-refractivity contribution in [2.75, 3.05) is 26.2 Å². The summed E-state index contributed by atoms with van der Waals surface area (Å²) in [5.41, 5.74) is 6.72. The third-order valence-electron chi connectivity index (χ3n) is 2.88. The van der Waals surface area contributed by atoms with Gasteiger partial charge in [-0.05, 0) is 30.2 Å². The second-order valence-corrected chi connectivity index (χ2v) is 4.99. The zero-order chi connectivity index (χ0) is 13.4. The van der Waals surface area contributed by atoms with Crippen molar-refractivity contribution in [3.05, 3.63) is 29.8 Å². The molecule has 0 saturated heterocycles. The van der Waals surface area contributed by atoms with Crippen molar-refractivity contribution in [2.45, 2.75) is 27.3 Å². The quantitative estimate of drug-likeness (QED) is 0.770. The second kappa shape index (κ2) is 8.11. The molecule has 0 heterocycles. The van der Waals surface area contributed by atoms with Crippen molar-refractivity contribution >= 4 is 0 Å². The van der Waals surface area contributed by atoms with E-state index in [1.165, 1.54) is 0 Å². The molecule has 102 valence electrons. The molecule has 0 unspecified atom stereocenters. The Morgan fingerprint density at radius 2 is 2.11 bits per heavy atom. The third-order valence-corrected chi connectivity index (χ3v) is 2.88. The first-order valence-corrected chi connectivity index (χ1v) is 6.79. The van der Waals surface area contributed by atoms with E-state index >= 15 is 0 Å². The fraction of sp³-hybridized carbons (Fsp3) is 0.600. The van der Waals surface area contributed by atoms with Gasteiger partial charge >= 0.3 is 0 Å². The van der Waals surface area contributed by atoms with Crippen LogP contribution in [0.15, 0.2) is 24.3 Å². The van der Waals surface area contributed by atoms with E-state index < -0.39 is 0 Å². The Kier molecular flexibility index (Phi) is 6.76. The third kappa shape index (κ3) is 5.52. The number of ether oxygens (including phenoxy) is 1. The summed E-state index contributed by atoms with van der Waals surface area (Å²) in [6, 6.07) is 8.00. The summed E-state index contributed by atoms with van der Waals surface area (Å²) in [6.07, 6.45) is 0. The fourth-order valence-electron chi connectivity index (χ4n) is 1.95. The average molecular weight is 250 g/mol. The van der Waals surface area contributed by atoms with E-state index in [2.05, 4.69) is 25.7 Å². The van der Waals surface area contributed by atoms with Crippen LogP contribution in [0, 0.1) is 5.92 Å². The van der Waals surface area contributed by atoms with Gasteiger partial charge < -0.3 is 10.5 Å². The van der Waals surface area contributed by atoms with Gasteiger partial charge in [-0.15, -0.1) is 0 Å². The number of nitrogens with two attached hydrogens (primary N) is 1. The molecule has 0 atom stereocenters. The van der Waals surface area contributed by atoms with Gasteiger partial charge in [0.2, 0.25) is 0 Å². The Bertz CT molecular complexity index is 339. The molecule has 1 aromatic carbocycles. The zero-order valence-electron chi connectivity index (χ0n) is 11.9. The maximum Gasteiger partial charge on any atom is 0.119 e. The molecular formula is C15H26N2O. The first-order chi connectivity index (χ1) is 8.65. The molecule has 0 aliphatic carbocycles. The lowest BCUT2D eigenvalue weighted by atomic mass is 10.2. The van der Waals surface area contributed by atoms with Crippen LogP contribution in [0.3, 0.4) is 0 Å². The van der Waals surface area contributed by atoms with Crippen LogP contribution >= 0.6 is 0 Å². The molecule has 0 amide bonds. The lowest BCUT2D eigenvalue weighted by molar-refractivity contribution is 0.200. The smallest absolute Gasteiger partial charge is 0.119 e. The Morgan fingerprint density at radius 1 is 1.33 bits per heavy atom. The fourth-order valence-corrected chi connectivity index (χ4v) is 1.95. The molecule has 0 fully saturated rings. The van der Waals surface area contributed by atoms with Crippen LogP contribution < -0.4 is 10.5 Å². The molecule has 0 aliphatic rings. The van der Waals surface area contributed by atoms with E-state index in [0.717, 1.165) is 37.6 Å². The Morgan fingerprint density at radius 3 is 2.72 bits per heavy atom. The predicted molar refractivity (Wildman–Crippen MR) is 76.8 cm³/mol. The van der Waals surface area contributed by atoms with Crippen molar-refractivity contribution < 1.29 is 4.74 Å². The molecule has 3 nitrogen and oxygen atoms in total. The van der Waals surface area contributed by atoms with Gasteiger partial charge in [-0.1, -0.05) is 32.9 Å². The number of likely N-dealkylation sites (N-methyl/N-ethyl adjacent to an activating group) is 1. The number of hydrogen-bond acceptors (Lipinski definition) is 3. The van der Waals surface area contributed by atoms with Crippen LogP contribution in [0.1, 0.15) is 26.3 Å². The minimum absolute atomic E-state index is 0.561. The lowest BCUT2D eigenvalue weighted by Crippen LogP contribution is -2.31. The minimum Gasteiger partial charge on any atom is -0.492 e. The van der Waals surface area contributed by atoms with E-state index in [0.29, 0.717) is 12.5 Å². The van der Waals surface area contributed by atoms with Gasteiger partial charge in [0, 0.05) is 19.6 Å². The molecule has 1 rings (SSSR count). The summed E-state index contributed by atoms with van der Waals surface area (Å²) >= 11 is 0. The van der Waals surface area contributed by atoms with Crippen molar-refractivity contribution in [3.8, 4) is 5.75 Å². The molecule has 0 bridgehead atoms. The predicted octanol–water partition coefficient (Wildman–Crippen LogP) is 2.50. The molecule has 2 N–H and O–H groups in total. The summed E-state index contributed by atoms with van der Waals surface area (Å²) in [7, 11) is 0. The van der Waals surface area contributed by atoms with Crippen LogP contribution in [0.25, 0.3) is 0 Å². The van der Waals surface area contributed by atoms with Gasteiger partial charge in [-0.25, -0.2) is 0 Å². The van der Waals surface area contributed by atoms with E-state index in [9.17, 15) is 0 Å². The highest BCUT2D eigenvalue weighted by Gasteiger charge is 2.05. The molecule has 0 aliphatic heterocycles. The standard InChI is InChI=1S/C15H26N2O/c1-4-17(12-13(2)3)8-9-18-15-7-5-6-14(10-15)11-16/h5-7,10,13H,4,8-9,11-12,16H2,1-3H3. The topological polar surface area (TPSA) is 38.5 Å². The van der Waals surface area contributed by atoms with E-state index in [4.69, 9.17) is 10.5 Å².